The zero-order chi connectivity index (χ0) is 29.7. The predicted octanol–water partition coefficient (Wildman–Crippen LogP) is 6.53. The largest absolute Gasteiger partial charge is 0.478 e. The maximum Gasteiger partial charge on any atom is 0.335 e. The molecule has 4 heterocycles. The fourth-order valence-corrected chi connectivity index (χ4v) is 6.59. The number of para-hydroxylation sites is 1. The fourth-order valence-electron chi connectivity index (χ4n) is 6.43. The van der Waals surface area contributed by atoms with E-state index < -0.39 is 17.6 Å². The van der Waals surface area contributed by atoms with Crippen LogP contribution in [0.5, 0.6) is 11.5 Å². The third-order valence-corrected chi connectivity index (χ3v) is 9.15. The third-order valence-electron chi connectivity index (χ3n) is 8.92. The molecule has 2 atom stereocenters. The number of carboxylic acids is 1. The molecule has 0 saturated carbocycles. The van der Waals surface area contributed by atoms with Crippen LogP contribution in [0.4, 0.5) is 4.39 Å². The Balaban J connectivity index is 0.00000343. The van der Waals surface area contributed by atoms with Crippen LogP contribution in [0.2, 0.25) is 5.02 Å². The highest BCUT2D eigenvalue weighted by atomic mass is 35.5. The highest BCUT2D eigenvalue weighted by Gasteiger charge is 2.42. The van der Waals surface area contributed by atoms with Gasteiger partial charge in [0.25, 0.3) is 5.79 Å². The van der Waals surface area contributed by atoms with Crippen LogP contribution in [0.25, 0.3) is 11.0 Å². The number of carbonyl (C=O) groups is 1. The summed E-state index contributed by atoms with van der Waals surface area (Å²) in [4.78, 5) is 18.9. The van der Waals surface area contributed by atoms with Gasteiger partial charge in [0, 0.05) is 18.6 Å². The first kappa shape index (κ1) is 30.7. The van der Waals surface area contributed by atoms with E-state index in [9.17, 15) is 14.3 Å². The quantitative estimate of drug-likeness (QED) is 0.235. The van der Waals surface area contributed by atoms with E-state index >= 15 is 0 Å². The van der Waals surface area contributed by atoms with Crippen molar-refractivity contribution in [3.63, 3.8) is 0 Å². The lowest BCUT2D eigenvalue weighted by Gasteiger charge is -2.32. The minimum absolute atomic E-state index is 0. The molecule has 232 valence electrons. The van der Waals surface area contributed by atoms with Crippen molar-refractivity contribution >= 4 is 42.1 Å². The van der Waals surface area contributed by atoms with E-state index in [0.717, 1.165) is 67.8 Å². The van der Waals surface area contributed by atoms with Crippen LogP contribution in [0, 0.1) is 11.7 Å². The lowest BCUT2D eigenvalue weighted by molar-refractivity contribution is -0.0711. The Hall–Kier alpha value is -3.31. The Morgan fingerprint density at radius 1 is 1.11 bits per heavy atom. The molecule has 2 unspecified atom stereocenters. The first-order chi connectivity index (χ1) is 20.8. The minimum atomic E-state index is -1.27. The molecule has 3 aromatic carbocycles. The second-order valence-corrected chi connectivity index (χ2v) is 12.3. The lowest BCUT2D eigenvalue weighted by Crippen LogP contribution is -2.36. The summed E-state index contributed by atoms with van der Waals surface area (Å²) in [6, 6.07) is 15.5. The average molecular weight is 640 g/mol. The summed E-state index contributed by atoms with van der Waals surface area (Å²) >= 11 is 5.96. The first-order valence-electron chi connectivity index (χ1n) is 14.8. The number of carboxylic acid groups (broad SMARTS) is 1. The van der Waals surface area contributed by atoms with Gasteiger partial charge in [0.2, 0.25) is 0 Å². The van der Waals surface area contributed by atoms with Crippen molar-refractivity contribution in [2.75, 3.05) is 19.7 Å². The second-order valence-electron chi connectivity index (χ2n) is 11.9. The van der Waals surface area contributed by atoms with E-state index in [1.165, 1.54) is 6.07 Å². The van der Waals surface area contributed by atoms with Crippen LogP contribution >= 0.6 is 25.1 Å². The van der Waals surface area contributed by atoms with Crippen molar-refractivity contribution in [1.29, 1.82) is 0 Å². The molecular weight excluding hydrogens is 605 g/mol. The van der Waals surface area contributed by atoms with Gasteiger partial charge in [0.05, 0.1) is 41.4 Å². The van der Waals surface area contributed by atoms with Crippen LogP contribution < -0.4 is 9.47 Å². The molecule has 0 bridgehead atoms. The van der Waals surface area contributed by atoms with Crippen molar-refractivity contribution in [3.8, 4) is 11.5 Å². The molecule has 3 aliphatic heterocycles. The number of ether oxygens (including phenoxy) is 3. The Morgan fingerprint density at radius 2 is 1.91 bits per heavy atom. The maximum atomic E-state index is 14.8. The third kappa shape index (κ3) is 5.88. The molecule has 1 aromatic heterocycles. The van der Waals surface area contributed by atoms with Gasteiger partial charge in [-0.15, -0.1) is 0 Å². The number of benzene rings is 3. The highest BCUT2D eigenvalue weighted by Crippen LogP contribution is 2.47. The van der Waals surface area contributed by atoms with Gasteiger partial charge in [-0.1, -0.05) is 23.7 Å². The number of halogens is 2. The Labute approximate surface area is 267 Å². The van der Waals surface area contributed by atoms with E-state index in [1.807, 2.05) is 12.1 Å². The van der Waals surface area contributed by atoms with Crippen LogP contribution in [0.1, 0.15) is 53.5 Å². The number of aromatic nitrogens is 2. The molecule has 0 amide bonds. The zero-order valence-electron chi connectivity index (χ0n) is 24.4. The monoisotopic (exact) mass is 639 g/mol. The molecule has 44 heavy (non-hydrogen) atoms. The number of fused-ring (bicyclic) bond motifs is 2. The van der Waals surface area contributed by atoms with Gasteiger partial charge in [-0.25, -0.2) is 14.2 Å². The SMILES string of the molecule is CC1(c2ccc(Cl)cc2F)Oc2cccc(CC3CCN(Cc4nc5ccc(C(=O)O)cc5n4CC4CCO4)CC3)c2O1.S. The van der Waals surface area contributed by atoms with E-state index in [1.54, 1.807) is 37.3 Å². The topological polar surface area (TPSA) is 86.1 Å². The van der Waals surface area contributed by atoms with E-state index in [0.29, 0.717) is 41.1 Å². The van der Waals surface area contributed by atoms with Crippen LogP contribution in [-0.2, 0) is 30.0 Å². The smallest absolute Gasteiger partial charge is 0.335 e. The first-order valence-corrected chi connectivity index (χ1v) is 15.2. The van der Waals surface area contributed by atoms with Gasteiger partial charge in [-0.3, -0.25) is 4.90 Å². The normalized spacial score (nSPS) is 21.7. The number of hydrogen-bond donors (Lipinski definition) is 1. The summed E-state index contributed by atoms with van der Waals surface area (Å²) in [6.07, 6.45) is 4.00. The molecule has 3 aliphatic rings. The van der Waals surface area contributed by atoms with Gasteiger partial charge in [-0.05, 0) is 92.7 Å². The summed E-state index contributed by atoms with van der Waals surface area (Å²) in [6.45, 7) is 5.71. The molecule has 0 radical (unpaired) electrons. The summed E-state index contributed by atoms with van der Waals surface area (Å²) in [7, 11) is 0. The van der Waals surface area contributed by atoms with Gasteiger partial charge in [0.1, 0.15) is 11.6 Å². The van der Waals surface area contributed by atoms with Crippen molar-refractivity contribution in [2.24, 2.45) is 5.92 Å². The predicted molar refractivity (Wildman–Crippen MR) is 170 cm³/mol. The van der Waals surface area contributed by atoms with Crippen molar-refractivity contribution in [1.82, 2.24) is 14.5 Å². The Kier molecular flexibility index (Phi) is 8.54. The van der Waals surface area contributed by atoms with Crippen LogP contribution in [0.15, 0.2) is 54.6 Å². The molecule has 7 rings (SSSR count). The molecule has 2 fully saturated rings. The summed E-state index contributed by atoms with van der Waals surface area (Å²) in [5.74, 6) is 0.0188. The fraction of sp³-hybridized carbons (Fsp3) is 0.394. The van der Waals surface area contributed by atoms with Crippen molar-refractivity contribution < 1.29 is 28.5 Å². The Morgan fingerprint density at radius 3 is 2.61 bits per heavy atom. The van der Waals surface area contributed by atoms with Gasteiger partial charge < -0.3 is 23.9 Å². The number of likely N-dealkylation sites (tertiary alicyclic amines) is 1. The number of piperidine rings is 1. The maximum absolute atomic E-state index is 14.8. The lowest BCUT2D eigenvalue weighted by atomic mass is 9.89. The number of hydrogen-bond acceptors (Lipinski definition) is 6. The molecule has 2 saturated heterocycles. The zero-order valence-corrected chi connectivity index (χ0v) is 26.1. The Bertz CT molecular complexity index is 1700. The molecule has 8 nitrogen and oxygen atoms in total. The molecule has 1 N–H and O–H groups in total. The standard InChI is InChI=1S/C33H33ClFN3O5.H2S/c1-33(25-7-6-23(34)17-26(25)35)42-29-4-2-3-21(31(29)43-33)15-20-9-12-37(13-10-20)19-30-36-27-8-5-22(32(39)40)16-28(27)38(30)18-24-11-14-41-24;/h2-8,16-17,20,24H,9-15,18-19H2,1H3,(H,39,40);1H2. The average Bonchev–Trinajstić information content (AvgIpc) is 3.48. The van der Waals surface area contributed by atoms with Crippen molar-refractivity contribution in [2.45, 2.75) is 57.6 Å². The molecule has 11 heteroatoms. The molecule has 0 spiro atoms. The highest BCUT2D eigenvalue weighted by molar-refractivity contribution is 7.59. The van der Waals surface area contributed by atoms with Gasteiger partial charge in [-0.2, -0.15) is 13.5 Å². The summed E-state index contributed by atoms with van der Waals surface area (Å²) in [5.41, 5.74) is 3.27. The van der Waals surface area contributed by atoms with Crippen LogP contribution in [-0.4, -0.2) is 51.3 Å². The number of imidazole rings is 1. The number of aromatic carboxylic acids is 1. The van der Waals surface area contributed by atoms with E-state index in [2.05, 4.69) is 15.5 Å². The second kappa shape index (κ2) is 12.2. The van der Waals surface area contributed by atoms with Gasteiger partial charge >= 0.3 is 5.97 Å². The summed E-state index contributed by atoms with van der Waals surface area (Å²) < 4.78 is 35.1. The molecule has 4 aromatic rings. The summed E-state index contributed by atoms with van der Waals surface area (Å²) in [5, 5.41) is 9.85. The number of nitrogens with zero attached hydrogens (tertiary/aromatic N) is 3. The number of rotatable bonds is 8. The van der Waals surface area contributed by atoms with E-state index in [4.69, 9.17) is 30.8 Å². The van der Waals surface area contributed by atoms with Crippen LogP contribution in [0.3, 0.4) is 0 Å². The minimum Gasteiger partial charge on any atom is -0.478 e. The molecular formula is C33H35ClFN3O5S. The van der Waals surface area contributed by atoms with Crippen molar-refractivity contribution in [3.05, 3.63) is 88.0 Å². The molecule has 0 aliphatic carbocycles. The van der Waals surface area contributed by atoms with Gasteiger partial charge in [0.15, 0.2) is 11.5 Å². The van der Waals surface area contributed by atoms with E-state index in [-0.39, 0.29) is 25.2 Å².